The largest absolute Gasteiger partial charge is 0.435 e. The van der Waals surface area contributed by atoms with Crippen LogP contribution in [0.15, 0.2) is 24.3 Å². The molecule has 1 heterocycles. The van der Waals surface area contributed by atoms with E-state index in [-0.39, 0.29) is 17.9 Å². The van der Waals surface area contributed by atoms with E-state index in [2.05, 4.69) is 5.10 Å². The highest BCUT2D eigenvalue weighted by Crippen LogP contribution is 2.29. The normalized spacial score (nSPS) is 11.9. The molecule has 0 radical (unpaired) electrons. The highest BCUT2D eigenvalue weighted by Gasteiger charge is 2.34. The monoisotopic (exact) mass is 277 g/mol. The highest BCUT2D eigenvalue weighted by atomic mass is 19.4. The van der Waals surface area contributed by atoms with Gasteiger partial charge in [-0.3, -0.25) is 0 Å². The summed E-state index contributed by atoms with van der Waals surface area (Å²) >= 11 is 0. The maximum atomic E-state index is 13.1. The summed E-state index contributed by atoms with van der Waals surface area (Å²) in [4.78, 5) is 0. The van der Waals surface area contributed by atoms with Gasteiger partial charge >= 0.3 is 6.18 Å². The molecule has 102 valence electrons. The molecular weight excluding hydrogens is 269 g/mol. The van der Waals surface area contributed by atoms with Gasteiger partial charge in [0.2, 0.25) is 0 Å². The summed E-state index contributed by atoms with van der Waals surface area (Å²) in [5.41, 5.74) is 4.18. The maximum absolute atomic E-state index is 13.1. The van der Waals surface area contributed by atoms with Crippen LogP contribution in [0.3, 0.4) is 0 Å². The van der Waals surface area contributed by atoms with Gasteiger partial charge in [0.1, 0.15) is 0 Å². The summed E-state index contributed by atoms with van der Waals surface area (Å²) in [6, 6.07) is 3.44. The van der Waals surface area contributed by atoms with Crippen molar-refractivity contribution >= 4 is 0 Å². The Morgan fingerprint density at radius 3 is 2.32 bits per heavy atom. The maximum Gasteiger partial charge on any atom is 0.435 e. The van der Waals surface area contributed by atoms with Gasteiger partial charge < -0.3 is 5.73 Å². The molecule has 0 saturated heterocycles. The Kier molecular flexibility index (Phi) is 3.27. The summed E-state index contributed by atoms with van der Waals surface area (Å²) in [5.74, 6) is -2.27. The quantitative estimate of drug-likeness (QED) is 0.857. The van der Waals surface area contributed by atoms with Crippen LogP contribution in [0.4, 0.5) is 22.0 Å². The molecule has 2 N–H and O–H groups in total. The van der Waals surface area contributed by atoms with Gasteiger partial charge in [-0.25, -0.2) is 13.5 Å². The molecule has 0 aliphatic rings. The summed E-state index contributed by atoms with van der Waals surface area (Å²) in [7, 11) is 0. The van der Waals surface area contributed by atoms with E-state index in [1.807, 2.05) is 0 Å². The van der Waals surface area contributed by atoms with E-state index >= 15 is 0 Å². The molecule has 0 spiro atoms. The molecule has 2 rings (SSSR count). The average Bonchev–Trinajstić information content (AvgIpc) is 2.76. The third-order valence-corrected chi connectivity index (χ3v) is 2.43. The average molecular weight is 277 g/mol. The Morgan fingerprint density at radius 2 is 1.79 bits per heavy atom. The van der Waals surface area contributed by atoms with Gasteiger partial charge in [0.15, 0.2) is 17.3 Å². The van der Waals surface area contributed by atoms with E-state index in [0.717, 1.165) is 28.9 Å². The predicted octanol–water partition coefficient (Wildman–Crippen LogP) is 2.63. The van der Waals surface area contributed by atoms with Crippen molar-refractivity contribution in [1.82, 2.24) is 9.78 Å². The minimum absolute atomic E-state index is 0.0325. The summed E-state index contributed by atoms with van der Waals surface area (Å²) in [6.07, 6.45) is -4.63. The van der Waals surface area contributed by atoms with Gasteiger partial charge in [-0.15, -0.1) is 0 Å². The molecule has 0 aliphatic carbocycles. The Morgan fingerprint density at radius 1 is 1.11 bits per heavy atom. The van der Waals surface area contributed by atoms with Gasteiger partial charge in [0, 0.05) is 12.6 Å². The molecule has 0 saturated carbocycles. The molecule has 0 fully saturated rings. The fourth-order valence-corrected chi connectivity index (χ4v) is 1.54. The van der Waals surface area contributed by atoms with Crippen LogP contribution < -0.4 is 5.73 Å². The zero-order chi connectivity index (χ0) is 14.2. The smallest absolute Gasteiger partial charge is 0.325 e. The van der Waals surface area contributed by atoms with Crippen molar-refractivity contribution in [3.63, 3.8) is 0 Å². The number of hydrogen-bond donors (Lipinski definition) is 1. The van der Waals surface area contributed by atoms with Gasteiger partial charge in [0.25, 0.3) is 0 Å². The third kappa shape index (κ3) is 2.58. The Hall–Kier alpha value is -1.96. The fourth-order valence-electron chi connectivity index (χ4n) is 1.54. The van der Waals surface area contributed by atoms with Crippen molar-refractivity contribution in [3.05, 3.63) is 47.3 Å². The van der Waals surface area contributed by atoms with Crippen molar-refractivity contribution in [2.45, 2.75) is 12.7 Å². The van der Waals surface area contributed by atoms with Crippen molar-refractivity contribution in [2.24, 2.45) is 5.73 Å². The summed E-state index contributed by atoms with van der Waals surface area (Å²) in [5, 5.41) is 3.32. The van der Waals surface area contributed by atoms with Crippen molar-refractivity contribution in [3.8, 4) is 5.69 Å². The SMILES string of the molecule is NCc1cc(C(F)(F)F)nn1-c1ccc(F)c(F)c1. The van der Waals surface area contributed by atoms with Crippen LogP contribution >= 0.6 is 0 Å². The van der Waals surface area contributed by atoms with E-state index in [9.17, 15) is 22.0 Å². The fraction of sp³-hybridized carbons (Fsp3) is 0.182. The second-order valence-corrected chi connectivity index (χ2v) is 3.73. The number of nitrogens with two attached hydrogens (primary N) is 1. The van der Waals surface area contributed by atoms with Gasteiger partial charge in [-0.1, -0.05) is 0 Å². The van der Waals surface area contributed by atoms with Crippen LogP contribution in [0.2, 0.25) is 0 Å². The van der Waals surface area contributed by atoms with Gasteiger partial charge in [0.05, 0.1) is 11.4 Å². The first-order valence-corrected chi connectivity index (χ1v) is 5.14. The molecular formula is C11H8F5N3. The number of halogens is 5. The highest BCUT2D eigenvalue weighted by molar-refractivity contribution is 5.35. The minimum atomic E-state index is -4.63. The number of nitrogens with zero attached hydrogens (tertiary/aromatic N) is 2. The number of alkyl halides is 3. The number of benzene rings is 1. The van der Waals surface area contributed by atoms with Crippen LogP contribution in [0.5, 0.6) is 0 Å². The van der Waals surface area contributed by atoms with Crippen molar-refractivity contribution in [2.75, 3.05) is 0 Å². The first kappa shape index (κ1) is 13.5. The Bertz CT molecular complexity index is 603. The van der Waals surface area contributed by atoms with E-state index in [1.165, 1.54) is 0 Å². The number of aromatic nitrogens is 2. The molecule has 0 amide bonds. The first-order valence-electron chi connectivity index (χ1n) is 5.14. The number of rotatable bonds is 2. The molecule has 8 heteroatoms. The van der Waals surface area contributed by atoms with E-state index in [1.54, 1.807) is 0 Å². The predicted molar refractivity (Wildman–Crippen MR) is 56.4 cm³/mol. The minimum Gasteiger partial charge on any atom is -0.325 e. The molecule has 3 nitrogen and oxygen atoms in total. The van der Waals surface area contributed by atoms with Crippen LogP contribution in [-0.2, 0) is 12.7 Å². The van der Waals surface area contributed by atoms with Crippen LogP contribution in [0.1, 0.15) is 11.4 Å². The molecule has 1 aromatic carbocycles. The lowest BCUT2D eigenvalue weighted by atomic mass is 10.3. The van der Waals surface area contributed by atoms with E-state index < -0.39 is 23.5 Å². The Labute approximate surface area is 104 Å². The molecule has 0 aliphatic heterocycles. The molecule has 2 aromatic rings. The van der Waals surface area contributed by atoms with Gasteiger partial charge in [-0.05, 0) is 18.2 Å². The standard InChI is InChI=1S/C11H8F5N3/c12-8-2-1-6(3-9(8)13)19-7(5-17)4-10(18-19)11(14,15)16/h1-4H,5,17H2. The van der Waals surface area contributed by atoms with Crippen LogP contribution in [-0.4, -0.2) is 9.78 Å². The van der Waals surface area contributed by atoms with Crippen molar-refractivity contribution < 1.29 is 22.0 Å². The Balaban J connectivity index is 2.54. The van der Waals surface area contributed by atoms with Crippen LogP contribution in [0.25, 0.3) is 5.69 Å². The summed E-state index contributed by atoms with van der Waals surface area (Å²) in [6.45, 7) is -0.220. The first-order chi connectivity index (χ1) is 8.82. The lowest BCUT2D eigenvalue weighted by Crippen LogP contribution is -2.09. The van der Waals surface area contributed by atoms with Crippen molar-refractivity contribution in [1.29, 1.82) is 0 Å². The molecule has 19 heavy (non-hydrogen) atoms. The van der Waals surface area contributed by atoms with Crippen LogP contribution in [0, 0.1) is 11.6 Å². The summed E-state index contributed by atoms with van der Waals surface area (Å²) < 4.78 is 64.3. The molecule has 0 unspecified atom stereocenters. The number of hydrogen-bond acceptors (Lipinski definition) is 2. The second kappa shape index (κ2) is 4.61. The molecule has 1 aromatic heterocycles. The van der Waals surface area contributed by atoms with Gasteiger partial charge in [-0.2, -0.15) is 18.3 Å². The third-order valence-electron chi connectivity index (χ3n) is 2.43. The zero-order valence-corrected chi connectivity index (χ0v) is 9.38. The lowest BCUT2D eigenvalue weighted by molar-refractivity contribution is -0.141. The lowest BCUT2D eigenvalue weighted by Gasteiger charge is -2.06. The van der Waals surface area contributed by atoms with E-state index in [4.69, 9.17) is 5.73 Å². The zero-order valence-electron chi connectivity index (χ0n) is 9.38. The molecule has 0 atom stereocenters. The molecule has 0 bridgehead atoms. The topological polar surface area (TPSA) is 43.8 Å². The second-order valence-electron chi connectivity index (χ2n) is 3.73. The van der Waals surface area contributed by atoms with E-state index in [0.29, 0.717) is 0 Å².